The summed E-state index contributed by atoms with van der Waals surface area (Å²) in [5, 5.41) is 0. The summed E-state index contributed by atoms with van der Waals surface area (Å²) in [5.74, 6) is 0. The normalized spacial score (nSPS) is 17.6. The molecule has 1 aromatic carbocycles. The van der Waals surface area contributed by atoms with Gasteiger partial charge in [-0.05, 0) is 25.0 Å². The van der Waals surface area contributed by atoms with Crippen LogP contribution in [0.1, 0.15) is 18.9 Å². The number of rotatable bonds is 3. The van der Waals surface area contributed by atoms with Gasteiger partial charge in [-0.1, -0.05) is 34.6 Å². The molecule has 4 nitrogen and oxygen atoms in total. The number of piperidine rings is 1. The molecule has 0 saturated carbocycles. The van der Waals surface area contributed by atoms with Crippen LogP contribution in [0.3, 0.4) is 0 Å². The second kappa shape index (κ2) is 5.58. The van der Waals surface area contributed by atoms with Crippen LogP contribution in [0, 0.1) is 0 Å². The van der Waals surface area contributed by atoms with E-state index < -0.39 is 0 Å². The van der Waals surface area contributed by atoms with Gasteiger partial charge in [-0.3, -0.25) is 9.47 Å². The van der Waals surface area contributed by atoms with Crippen molar-refractivity contribution in [1.82, 2.24) is 14.5 Å². The van der Waals surface area contributed by atoms with E-state index in [0.29, 0.717) is 6.04 Å². The zero-order chi connectivity index (χ0) is 14.1. The first-order chi connectivity index (χ1) is 9.65. The van der Waals surface area contributed by atoms with Crippen molar-refractivity contribution < 1.29 is 0 Å². The molecular formula is C15H18BrN3O. The van der Waals surface area contributed by atoms with E-state index in [2.05, 4.69) is 32.4 Å². The number of hydrogen-bond acceptors (Lipinski definition) is 2. The highest BCUT2D eigenvalue weighted by Crippen LogP contribution is 2.25. The molecule has 20 heavy (non-hydrogen) atoms. The van der Waals surface area contributed by atoms with Crippen molar-refractivity contribution in [3.63, 3.8) is 0 Å². The lowest BCUT2D eigenvalue weighted by atomic mass is 10.0. The van der Waals surface area contributed by atoms with Crippen molar-refractivity contribution in [3.8, 4) is 0 Å². The number of H-pyrrole nitrogens is 1. The van der Waals surface area contributed by atoms with Crippen molar-refractivity contribution in [1.29, 1.82) is 0 Å². The number of nitrogens with zero attached hydrogens (tertiary/aromatic N) is 2. The van der Waals surface area contributed by atoms with Gasteiger partial charge in [-0.25, -0.2) is 4.79 Å². The lowest BCUT2D eigenvalue weighted by Crippen LogP contribution is -2.37. The number of likely N-dealkylation sites (tertiary alicyclic amines) is 1. The smallest absolute Gasteiger partial charge is 0.306 e. The predicted molar refractivity (Wildman–Crippen MR) is 85.3 cm³/mol. The van der Waals surface area contributed by atoms with E-state index in [1.54, 1.807) is 0 Å². The van der Waals surface area contributed by atoms with Gasteiger partial charge in [0.25, 0.3) is 0 Å². The number of imidazole rings is 1. The van der Waals surface area contributed by atoms with Crippen molar-refractivity contribution in [2.75, 3.05) is 19.6 Å². The quantitative estimate of drug-likeness (QED) is 0.936. The Morgan fingerprint density at radius 2 is 2.05 bits per heavy atom. The third-order valence-corrected chi connectivity index (χ3v) is 4.19. The molecule has 1 saturated heterocycles. The SMILES string of the molecule is C=C(Br)CN1CCC(n2c(=O)[nH]c3ccccc32)CC1. The monoisotopic (exact) mass is 335 g/mol. The molecule has 3 rings (SSSR count). The van der Waals surface area contributed by atoms with Crippen LogP contribution in [-0.4, -0.2) is 34.1 Å². The molecule has 0 unspecified atom stereocenters. The van der Waals surface area contributed by atoms with Crippen molar-refractivity contribution in [3.05, 3.63) is 45.8 Å². The summed E-state index contributed by atoms with van der Waals surface area (Å²) in [7, 11) is 0. The molecule has 5 heteroatoms. The molecule has 0 amide bonds. The summed E-state index contributed by atoms with van der Waals surface area (Å²) in [6.07, 6.45) is 2.00. The molecule has 106 valence electrons. The summed E-state index contributed by atoms with van der Waals surface area (Å²) < 4.78 is 2.94. The molecule has 0 bridgehead atoms. The van der Waals surface area contributed by atoms with Crippen molar-refractivity contribution in [2.45, 2.75) is 18.9 Å². The van der Waals surface area contributed by atoms with Gasteiger partial charge < -0.3 is 4.98 Å². The Morgan fingerprint density at radius 1 is 1.35 bits per heavy atom. The summed E-state index contributed by atoms with van der Waals surface area (Å²) in [6.45, 7) is 6.77. The van der Waals surface area contributed by atoms with E-state index in [9.17, 15) is 4.79 Å². The first-order valence-electron chi connectivity index (χ1n) is 6.90. The first kappa shape index (κ1) is 13.6. The van der Waals surface area contributed by atoms with Crippen LogP contribution in [0.15, 0.2) is 40.1 Å². The fourth-order valence-corrected chi connectivity index (χ4v) is 3.37. The highest BCUT2D eigenvalue weighted by molar-refractivity contribution is 9.11. The zero-order valence-electron chi connectivity index (χ0n) is 11.3. The van der Waals surface area contributed by atoms with Crippen LogP contribution in [-0.2, 0) is 0 Å². The van der Waals surface area contributed by atoms with Crippen LogP contribution >= 0.6 is 15.9 Å². The largest absolute Gasteiger partial charge is 0.326 e. The molecule has 1 aliphatic heterocycles. The number of nitrogens with one attached hydrogen (secondary N) is 1. The molecule has 1 aromatic heterocycles. The van der Waals surface area contributed by atoms with Crippen LogP contribution in [0.25, 0.3) is 11.0 Å². The highest BCUT2D eigenvalue weighted by atomic mass is 79.9. The minimum Gasteiger partial charge on any atom is -0.306 e. The van der Waals surface area contributed by atoms with Crippen LogP contribution in [0.4, 0.5) is 0 Å². The molecule has 0 radical (unpaired) electrons. The minimum atomic E-state index is 0.00884. The Hall–Kier alpha value is -1.33. The van der Waals surface area contributed by atoms with Gasteiger partial charge in [0, 0.05) is 30.2 Å². The van der Waals surface area contributed by atoms with Gasteiger partial charge in [-0.15, -0.1) is 0 Å². The van der Waals surface area contributed by atoms with E-state index >= 15 is 0 Å². The summed E-state index contributed by atoms with van der Waals surface area (Å²) in [6, 6.07) is 8.19. The Bertz CT molecular complexity index is 680. The maximum absolute atomic E-state index is 12.2. The number of fused-ring (bicyclic) bond motifs is 1. The number of aromatic amines is 1. The van der Waals surface area contributed by atoms with E-state index in [0.717, 1.165) is 48.0 Å². The lowest BCUT2D eigenvalue weighted by Gasteiger charge is -2.32. The standard InChI is InChI=1S/C15H18BrN3O/c1-11(16)10-18-8-6-12(7-9-18)19-14-5-3-2-4-13(14)17-15(19)20/h2-5,12H,1,6-10H2,(H,17,20). The maximum atomic E-state index is 12.2. The van der Waals surface area contributed by atoms with E-state index in [1.807, 2.05) is 28.8 Å². The molecule has 1 fully saturated rings. The number of benzene rings is 1. The Kier molecular flexibility index (Phi) is 3.81. The predicted octanol–water partition coefficient (Wildman–Crippen LogP) is 2.88. The third kappa shape index (κ3) is 2.60. The average Bonchev–Trinajstić information content (AvgIpc) is 2.75. The fraction of sp³-hybridized carbons (Fsp3) is 0.400. The van der Waals surface area contributed by atoms with Gasteiger partial charge >= 0.3 is 5.69 Å². The van der Waals surface area contributed by atoms with E-state index in [4.69, 9.17) is 0 Å². The average molecular weight is 336 g/mol. The van der Waals surface area contributed by atoms with Gasteiger partial charge in [-0.2, -0.15) is 0 Å². The molecule has 0 spiro atoms. The second-order valence-corrected chi connectivity index (χ2v) is 6.46. The lowest BCUT2D eigenvalue weighted by molar-refractivity contribution is 0.202. The third-order valence-electron chi connectivity index (χ3n) is 3.94. The molecule has 2 heterocycles. The molecule has 2 aromatic rings. The summed E-state index contributed by atoms with van der Waals surface area (Å²) >= 11 is 3.41. The second-order valence-electron chi connectivity index (χ2n) is 5.34. The van der Waals surface area contributed by atoms with Gasteiger partial charge in [0.05, 0.1) is 11.0 Å². The zero-order valence-corrected chi connectivity index (χ0v) is 12.9. The number of halogens is 1. The molecular weight excluding hydrogens is 318 g/mol. The molecule has 0 aliphatic carbocycles. The van der Waals surface area contributed by atoms with Crippen molar-refractivity contribution in [2.24, 2.45) is 0 Å². The van der Waals surface area contributed by atoms with E-state index in [1.165, 1.54) is 0 Å². The van der Waals surface area contributed by atoms with Gasteiger partial charge in [0.1, 0.15) is 0 Å². The Morgan fingerprint density at radius 3 is 2.75 bits per heavy atom. The van der Waals surface area contributed by atoms with Crippen LogP contribution in [0.2, 0.25) is 0 Å². The number of para-hydroxylation sites is 2. The molecule has 1 N–H and O–H groups in total. The first-order valence-corrected chi connectivity index (χ1v) is 7.69. The van der Waals surface area contributed by atoms with Gasteiger partial charge in [0.2, 0.25) is 0 Å². The summed E-state index contributed by atoms with van der Waals surface area (Å²) in [4.78, 5) is 17.5. The highest BCUT2D eigenvalue weighted by Gasteiger charge is 2.23. The fourth-order valence-electron chi connectivity index (χ4n) is 3.02. The topological polar surface area (TPSA) is 41.0 Å². The van der Waals surface area contributed by atoms with Crippen LogP contribution < -0.4 is 5.69 Å². The van der Waals surface area contributed by atoms with Gasteiger partial charge in [0.15, 0.2) is 0 Å². The summed E-state index contributed by atoms with van der Waals surface area (Å²) in [5.41, 5.74) is 1.95. The van der Waals surface area contributed by atoms with Crippen molar-refractivity contribution >= 4 is 27.0 Å². The number of hydrogen-bond donors (Lipinski definition) is 1. The Balaban J connectivity index is 1.82. The van der Waals surface area contributed by atoms with E-state index in [-0.39, 0.29) is 5.69 Å². The van der Waals surface area contributed by atoms with Crippen LogP contribution in [0.5, 0.6) is 0 Å². The Labute approximate surface area is 126 Å². The minimum absolute atomic E-state index is 0.00884. The maximum Gasteiger partial charge on any atom is 0.326 e. The molecule has 0 atom stereocenters. The molecule has 1 aliphatic rings. The number of aromatic nitrogens is 2.